The van der Waals surface area contributed by atoms with Crippen LogP contribution in [0.3, 0.4) is 0 Å². The van der Waals surface area contributed by atoms with Gasteiger partial charge in [0.1, 0.15) is 17.4 Å². The quantitative estimate of drug-likeness (QED) is 0.503. The fourth-order valence-corrected chi connectivity index (χ4v) is 2.81. The highest BCUT2D eigenvalue weighted by molar-refractivity contribution is 9.10. The van der Waals surface area contributed by atoms with Gasteiger partial charge in [-0.25, -0.2) is 0 Å². The van der Waals surface area contributed by atoms with Gasteiger partial charge < -0.3 is 10.4 Å². The van der Waals surface area contributed by atoms with E-state index in [1.54, 1.807) is 12.1 Å². The van der Waals surface area contributed by atoms with Crippen LogP contribution in [-0.2, 0) is 4.79 Å². The number of thiophene rings is 1. The van der Waals surface area contributed by atoms with Gasteiger partial charge in [-0.1, -0.05) is 0 Å². The first-order valence-electron chi connectivity index (χ1n) is 5.54. The molecule has 1 amide bonds. The highest BCUT2D eigenvalue weighted by Crippen LogP contribution is 2.22. The lowest BCUT2D eigenvalue weighted by atomic mass is 10.2. The maximum absolute atomic E-state index is 12.0. The minimum Gasteiger partial charge on any atom is -0.508 e. The van der Waals surface area contributed by atoms with E-state index in [0.29, 0.717) is 5.69 Å². The molecule has 0 fully saturated rings. The van der Waals surface area contributed by atoms with Crippen molar-refractivity contribution in [1.29, 1.82) is 5.26 Å². The molecule has 1 aromatic carbocycles. The predicted octanol–water partition coefficient (Wildman–Crippen LogP) is 3.76. The zero-order valence-electron chi connectivity index (χ0n) is 10.1. The molecular weight excluding hydrogens is 340 g/mol. The summed E-state index contributed by atoms with van der Waals surface area (Å²) in [6, 6.07) is 9.75. The minimum absolute atomic E-state index is 0.0208. The zero-order valence-corrected chi connectivity index (χ0v) is 12.5. The van der Waals surface area contributed by atoms with Gasteiger partial charge in [-0.3, -0.25) is 4.79 Å². The summed E-state index contributed by atoms with van der Waals surface area (Å²) < 4.78 is 0.907. The topological polar surface area (TPSA) is 73.1 Å². The number of rotatable bonds is 3. The summed E-state index contributed by atoms with van der Waals surface area (Å²) in [7, 11) is 0. The van der Waals surface area contributed by atoms with Crippen LogP contribution in [0.1, 0.15) is 4.88 Å². The average molecular weight is 349 g/mol. The van der Waals surface area contributed by atoms with Crippen molar-refractivity contribution in [2.75, 3.05) is 5.32 Å². The van der Waals surface area contributed by atoms with Gasteiger partial charge in [-0.2, -0.15) is 5.26 Å². The van der Waals surface area contributed by atoms with Crippen LogP contribution in [0.2, 0.25) is 0 Å². The van der Waals surface area contributed by atoms with Gasteiger partial charge in [-0.15, -0.1) is 11.3 Å². The maximum atomic E-state index is 12.0. The lowest BCUT2D eigenvalue weighted by Crippen LogP contribution is -2.13. The van der Waals surface area contributed by atoms with Crippen LogP contribution in [0.15, 0.2) is 45.8 Å². The number of nitriles is 1. The Morgan fingerprint density at radius 2 is 2.10 bits per heavy atom. The third-order valence-corrected chi connectivity index (χ3v) is 4.01. The van der Waals surface area contributed by atoms with Gasteiger partial charge in [-0.05, 0) is 52.3 Å². The lowest BCUT2D eigenvalue weighted by molar-refractivity contribution is -0.112. The first-order chi connectivity index (χ1) is 9.58. The van der Waals surface area contributed by atoms with Gasteiger partial charge in [0.05, 0.1) is 0 Å². The van der Waals surface area contributed by atoms with Crippen LogP contribution in [0, 0.1) is 11.3 Å². The van der Waals surface area contributed by atoms with Crippen LogP contribution < -0.4 is 5.32 Å². The molecule has 0 bridgehead atoms. The molecule has 1 aromatic heterocycles. The van der Waals surface area contributed by atoms with Crippen molar-refractivity contribution in [1.82, 2.24) is 0 Å². The molecule has 2 N–H and O–H groups in total. The second kappa shape index (κ2) is 6.37. The van der Waals surface area contributed by atoms with Crippen molar-refractivity contribution in [2.24, 2.45) is 0 Å². The number of phenols is 1. The number of halogens is 1. The number of phenolic OH excluding ortho intramolecular Hbond substituents is 1. The fraction of sp³-hybridized carbons (Fsp3) is 0. The molecule has 2 aromatic rings. The van der Waals surface area contributed by atoms with E-state index in [9.17, 15) is 4.79 Å². The van der Waals surface area contributed by atoms with Crippen LogP contribution in [0.4, 0.5) is 5.69 Å². The Bertz CT molecular complexity index is 699. The van der Waals surface area contributed by atoms with Gasteiger partial charge in [0.15, 0.2) is 0 Å². The molecule has 0 saturated carbocycles. The number of amides is 1. The fourth-order valence-electron chi connectivity index (χ4n) is 1.44. The number of hydrogen-bond donors (Lipinski definition) is 2. The Balaban J connectivity index is 2.16. The Kier molecular flexibility index (Phi) is 4.56. The highest BCUT2D eigenvalue weighted by Gasteiger charge is 2.10. The first kappa shape index (κ1) is 14.3. The monoisotopic (exact) mass is 348 g/mol. The number of nitrogens with zero attached hydrogens (tertiary/aromatic N) is 1. The normalized spacial score (nSPS) is 10.9. The van der Waals surface area contributed by atoms with Gasteiger partial charge >= 0.3 is 0 Å². The Morgan fingerprint density at radius 1 is 1.40 bits per heavy atom. The number of aromatic hydroxyl groups is 1. The number of anilines is 1. The highest BCUT2D eigenvalue weighted by atomic mass is 79.9. The number of benzene rings is 1. The van der Waals surface area contributed by atoms with Crippen molar-refractivity contribution in [3.05, 3.63) is 50.6 Å². The SMILES string of the molecule is N#C/C(=C/c1cc(Br)cs1)C(=O)Nc1ccc(O)cc1. The van der Waals surface area contributed by atoms with Crippen molar-refractivity contribution < 1.29 is 9.90 Å². The van der Waals surface area contributed by atoms with Crippen molar-refractivity contribution >= 4 is 44.9 Å². The van der Waals surface area contributed by atoms with E-state index in [0.717, 1.165) is 9.35 Å². The molecule has 4 nitrogen and oxygen atoms in total. The summed E-state index contributed by atoms with van der Waals surface area (Å²) in [6.45, 7) is 0. The first-order valence-corrected chi connectivity index (χ1v) is 7.22. The molecule has 0 unspecified atom stereocenters. The van der Waals surface area contributed by atoms with E-state index >= 15 is 0 Å². The molecule has 2 rings (SSSR count). The van der Waals surface area contributed by atoms with Gasteiger partial charge in [0.25, 0.3) is 5.91 Å². The van der Waals surface area contributed by atoms with E-state index in [2.05, 4.69) is 21.2 Å². The number of carbonyl (C=O) groups excluding carboxylic acids is 1. The van der Waals surface area contributed by atoms with Gasteiger partial charge in [0.2, 0.25) is 0 Å². The Labute approximate surface area is 128 Å². The van der Waals surface area contributed by atoms with Gasteiger partial charge in [0, 0.05) is 20.4 Å². The summed E-state index contributed by atoms with van der Waals surface area (Å²) in [6.07, 6.45) is 1.53. The molecule has 0 aliphatic heterocycles. The molecule has 20 heavy (non-hydrogen) atoms. The molecule has 6 heteroatoms. The summed E-state index contributed by atoms with van der Waals surface area (Å²) in [5.74, 6) is -0.370. The molecule has 1 heterocycles. The second-order valence-corrected chi connectivity index (χ2v) is 5.70. The van der Waals surface area contributed by atoms with Crippen LogP contribution in [0.5, 0.6) is 5.75 Å². The maximum Gasteiger partial charge on any atom is 0.266 e. The van der Waals surface area contributed by atoms with Crippen molar-refractivity contribution in [3.8, 4) is 11.8 Å². The van der Waals surface area contributed by atoms with Crippen molar-refractivity contribution in [3.63, 3.8) is 0 Å². The summed E-state index contributed by atoms with van der Waals surface area (Å²) in [4.78, 5) is 12.8. The molecule has 0 spiro atoms. The third kappa shape index (κ3) is 3.70. The summed E-state index contributed by atoms with van der Waals surface area (Å²) in [5, 5.41) is 22.7. The second-order valence-electron chi connectivity index (χ2n) is 3.84. The van der Waals surface area contributed by atoms with E-state index in [1.807, 2.05) is 17.5 Å². The molecule has 0 aliphatic rings. The summed E-state index contributed by atoms with van der Waals surface area (Å²) in [5.41, 5.74) is 0.536. The van der Waals surface area contributed by atoms with E-state index < -0.39 is 5.91 Å². The van der Waals surface area contributed by atoms with E-state index in [-0.39, 0.29) is 11.3 Å². The number of carbonyl (C=O) groups is 1. The predicted molar refractivity (Wildman–Crippen MR) is 82.3 cm³/mol. The summed E-state index contributed by atoms with van der Waals surface area (Å²) >= 11 is 4.75. The van der Waals surface area contributed by atoms with Crippen LogP contribution in [-0.4, -0.2) is 11.0 Å². The van der Waals surface area contributed by atoms with Crippen LogP contribution in [0.25, 0.3) is 6.08 Å². The lowest BCUT2D eigenvalue weighted by Gasteiger charge is -2.03. The van der Waals surface area contributed by atoms with E-state index in [1.165, 1.54) is 29.5 Å². The zero-order chi connectivity index (χ0) is 14.5. The van der Waals surface area contributed by atoms with Crippen LogP contribution >= 0.6 is 27.3 Å². The molecule has 0 aliphatic carbocycles. The van der Waals surface area contributed by atoms with Crippen molar-refractivity contribution in [2.45, 2.75) is 0 Å². The average Bonchev–Trinajstić information content (AvgIpc) is 2.84. The molecule has 100 valence electrons. The Hall–Kier alpha value is -2.10. The Morgan fingerprint density at radius 3 is 2.65 bits per heavy atom. The number of nitrogens with one attached hydrogen (secondary N) is 1. The largest absolute Gasteiger partial charge is 0.508 e. The smallest absolute Gasteiger partial charge is 0.266 e. The molecule has 0 radical (unpaired) electrons. The minimum atomic E-state index is -0.484. The molecule has 0 atom stereocenters. The third-order valence-electron chi connectivity index (χ3n) is 2.36. The molecule has 0 saturated heterocycles. The number of hydrogen-bond acceptors (Lipinski definition) is 4. The van der Waals surface area contributed by atoms with E-state index in [4.69, 9.17) is 10.4 Å². The molecular formula is C14H9BrN2O2S. The standard InChI is InChI=1S/C14H9BrN2O2S/c15-10-6-13(20-8-10)5-9(7-16)14(19)17-11-1-3-12(18)4-2-11/h1-6,8,18H,(H,17,19)/b9-5-.